The van der Waals surface area contributed by atoms with Gasteiger partial charge in [0.2, 0.25) is 0 Å². The molecule has 0 saturated carbocycles. The molecule has 0 spiro atoms. The lowest BCUT2D eigenvalue weighted by molar-refractivity contribution is -0.137. The Bertz CT molecular complexity index is 1180. The Morgan fingerprint density at radius 2 is 2.10 bits per heavy atom. The fourth-order valence-electron chi connectivity index (χ4n) is 3.40. The number of nitrogens with one attached hydrogen (secondary N) is 1. The van der Waals surface area contributed by atoms with E-state index in [1.807, 2.05) is 0 Å². The van der Waals surface area contributed by atoms with E-state index in [2.05, 4.69) is 21.9 Å². The predicted octanol–water partition coefficient (Wildman–Crippen LogP) is 4.83. The van der Waals surface area contributed by atoms with Crippen LogP contribution in [-0.4, -0.2) is 29.0 Å². The summed E-state index contributed by atoms with van der Waals surface area (Å²) >= 11 is 5.87. The Morgan fingerprint density at radius 1 is 1.29 bits per heavy atom. The summed E-state index contributed by atoms with van der Waals surface area (Å²) in [5.41, 5.74) is 0.610. The van der Waals surface area contributed by atoms with Gasteiger partial charge >= 0.3 is 6.18 Å². The quantitative estimate of drug-likeness (QED) is 0.579. The topological polar surface area (TPSA) is 67.4 Å². The summed E-state index contributed by atoms with van der Waals surface area (Å²) in [5, 5.41) is 3.55. The molecular weight excluding hydrogens is 433 g/mol. The van der Waals surface area contributed by atoms with Gasteiger partial charge < -0.3 is 15.0 Å². The van der Waals surface area contributed by atoms with Gasteiger partial charge in [0.05, 0.1) is 28.7 Å². The van der Waals surface area contributed by atoms with Crippen molar-refractivity contribution in [2.75, 3.05) is 23.4 Å². The molecule has 0 fully saturated rings. The number of fused-ring (bicyclic) bond motifs is 3. The van der Waals surface area contributed by atoms with Crippen molar-refractivity contribution in [3.8, 4) is 5.75 Å². The molecule has 0 aliphatic carbocycles. The minimum Gasteiger partial charge on any atom is -0.489 e. The predicted molar refractivity (Wildman–Crippen MR) is 111 cm³/mol. The highest BCUT2D eigenvalue weighted by molar-refractivity contribution is 6.30. The normalized spacial score (nSPS) is 13.5. The number of anilines is 2. The third kappa shape index (κ3) is 4.13. The highest BCUT2D eigenvalue weighted by atomic mass is 35.5. The van der Waals surface area contributed by atoms with Crippen molar-refractivity contribution in [1.29, 1.82) is 0 Å². The van der Waals surface area contributed by atoms with E-state index >= 15 is 0 Å². The van der Waals surface area contributed by atoms with E-state index in [0.717, 1.165) is 12.1 Å². The summed E-state index contributed by atoms with van der Waals surface area (Å²) in [4.78, 5) is 22.2. The third-order valence-electron chi connectivity index (χ3n) is 4.77. The van der Waals surface area contributed by atoms with Gasteiger partial charge in [-0.25, -0.2) is 9.97 Å². The molecule has 0 atom stereocenters. The third-order valence-corrected chi connectivity index (χ3v) is 4.99. The van der Waals surface area contributed by atoms with Crippen molar-refractivity contribution in [2.45, 2.75) is 12.7 Å². The maximum atomic E-state index is 13.1. The summed E-state index contributed by atoms with van der Waals surface area (Å²) < 4.78 is 45.1. The molecule has 1 N–H and O–H groups in total. The van der Waals surface area contributed by atoms with Crippen molar-refractivity contribution < 1.29 is 22.7 Å². The Balaban J connectivity index is 1.72. The van der Waals surface area contributed by atoms with Crippen molar-refractivity contribution in [2.24, 2.45) is 0 Å². The van der Waals surface area contributed by atoms with E-state index in [0.29, 0.717) is 40.3 Å². The maximum absolute atomic E-state index is 13.1. The number of hydrogen-bond acceptors (Lipinski definition) is 5. The molecule has 31 heavy (non-hydrogen) atoms. The van der Waals surface area contributed by atoms with E-state index in [-0.39, 0.29) is 24.1 Å². The minimum absolute atomic E-state index is 0.0153. The van der Waals surface area contributed by atoms with Gasteiger partial charge in [-0.1, -0.05) is 18.2 Å². The van der Waals surface area contributed by atoms with Crippen molar-refractivity contribution in [1.82, 2.24) is 9.97 Å². The molecule has 3 aromatic rings. The Morgan fingerprint density at radius 3 is 2.84 bits per heavy atom. The van der Waals surface area contributed by atoms with Gasteiger partial charge in [-0.3, -0.25) is 4.79 Å². The molecule has 1 aliphatic heterocycles. The standard InChI is InChI=1S/C21H16ClF3N4O2/c1-2-17(30)29-5-6-31-19-16(29)4-3-15-18(19)20(28-11-27-15)26-10-12-7-13(21(23,24)25)9-14(22)8-12/h2-4,7-9,11H,1,5-6,10H2,(H,26,27,28). The lowest BCUT2D eigenvalue weighted by Crippen LogP contribution is -2.36. The van der Waals surface area contributed by atoms with E-state index in [4.69, 9.17) is 16.3 Å². The van der Waals surface area contributed by atoms with Crippen LogP contribution in [0.5, 0.6) is 5.75 Å². The maximum Gasteiger partial charge on any atom is 0.416 e. The van der Waals surface area contributed by atoms with Crippen LogP contribution >= 0.6 is 11.6 Å². The molecule has 10 heteroatoms. The first-order chi connectivity index (χ1) is 14.8. The number of rotatable bonds is 4. The van der Waals surface area contributed by atoms with Crippen LogP contribution in [0.15, 0.2) is 49.3 Å². The average molecular weight is 449 g/mol. The molecule has 0 bridgehead atoms. The van der Waals surface area contributed by atoms with E-state index in [1.165, 1.54) is 23.4 Å². The molecule has 0 radical (unpaired) electrons. The van der Waals surface area contributed by atoms with Gasteiger partial charge in [0.15, 0.2) is 5.75 Å². The van der Waals surface area contributed by atoms with Crippen LogP contribution in [0.3, 0.4) is 0 Å². The van der Waals surface area contributed by atoms with Gasteiger partial charge in [-0.15, -0.1) is 0 Å². The molecule has 1 aliphatic rings. The molecule has 4 rings (SSSR count). The van der Waals surface area contributed by atoms with Crippen LogP contribution in [0.2, 0.25) is 5.02 Å². The second kappa shape index (κ2) is 8.07. The minimum atomic E-state index is -4.50. The summed E-state index contributed by atoms with van der Waals surface area (Å²) in [6.07, 6.45) is -1.95. The summed E-state index contributed by atoms with van der Waals surface area (Å²) in [6, 6.07) is 6.80. The Labute approximate surface area is 180 Å². The van der Waals surface area contributed by atoms with Gasteiger partial charge in [0.1, 0.15) is 18.8 Å². The monoisotopic (exact) mass is 448 g/mol. The number of alkyl halides is 3. The number of carbonyl (C=O) groups is 1. The summed E-state index contributed by atoms with van der Waals surface area (Å²) in [6.45, 7) is 4.19. The lowest BCUT2D eigenvalue weighted by atomic mass is 10.1. The van der Waals surface area contributed by atoms with Crippen LogP contribution in [0.1, 0.15) is 11.1 Å². The van der Waals surface area contributed by atoms with E-state index < -0.39 is 11.7 Å². The molecule has 2 heterocycles. The number of hydrogen-bond donors (Lipinski definition) is 1. The van der Waals surface area contributed by atoms with Crippen LogP contribution in [0, 0.1) is 0 Å². The molecule has 1 amide bonds. The number of nitrogens with zero attached hydrogens (tertiary/aromatic N) is 3. The first-order valence-electron chi connectivity index (χ1n) is 9.23. The SMILES string of the molecule is C=CC(=O)N1CCOc2c1ccc1ncnc(NCc3cc(Cl)cc(C(F)(F)F)c3)c21. The summed E-state index contributed by atoms with van der Waals surface area (Å²) in [5.74, 6) is 0.515. The Hall–Kier alpha value is -3.33. The fraction of sp³-hybridized carbons (Fsp3) is 0.190. The number of benzene rings is 2. The molecule has 1 aromatic heterocycles. The molecule has 6 nitrogen and oxygen atoms in total. The van der Waals surface area contributed by atoms with Crippen LogP contribution in [-0.2, 0) is 17.5 Å². The molecule has 160 valence electrons. The van der Waals surface area contributed by atoms with E-state index in [9.17, 15) is 18.0 Å². The molecule has 2 aromatic carbocycles. The first-order valence-corrected chi connectivity index (χ1v) is 9.60. The number of amides is 1. The highest BCUT2D eigenvalue weighted by Gasteiger charge is 2.31. The van der Waals surface area contributed by atoms with Crippen LogP contribution in [0.25, 0.3) is 10.9 Å². The van der Waals surface area contributed by atoms with Crippen molar-refractivity contribution >= 4 is 39.9 Å². The first kappa shape index (κ1) is 20.9. The van der Waals surface area contributed by atoms with Crippen LogP contribution in [0.4, 0.5) is 24.7 Å². The van der Waals surface area contributed by atoms with Gasteiger partial charge in [0, 0.05) is 11.6 Å². The fourth-order valence-corrected chi connectivity index (χ4v) is 3.66. The van der Waals surface area contributed by atoms with Crippen molar-refractivity contribution in [3.63, 3.8) is 0 Å². The number of halogens is 4. The molecule has 0 unspecified atom stereocenters. The largest absolute Gasteiger partial charge is 0.489 e. The second-order valence-corrected chi connectivity index (χ2v) is 7.21. The second-order valence-electron chi connectivity index (χ2n) is 6.77. The van der Waals surface area contributed by atoms with Gasteiger partial charge in [-0.05, 0) is 42.0 Å². The van der Waals surface area contributed by atoms with E-state index in [1.54, 1.807) is 12.1 Å². The van der Waals surface area contributed by atoms with Crippen LogP contribution < -0.4 is 15.0 Å². The number of aromatic nitrogens is 2. The zero-order valence-corrected chi connectivity index (χ0v) is 16.8. The lowest BCUT2D eigenvalue weighted by Gasteiger charge is -2.29. The number of carbonyl (C=O) groups excluding carboxylic acids is 1. The van der Waals surface area contributed by atoms with Crippen molar-refractivity contribution in [3.05, 3.63) is 65.5 Å². The van der Waals surface area contributed by atoms with Gasteiger partial charge in [0.25, 0.3) is 5.91 Å². The molecule has 0 saturated heterocycles. The zero-order chi connectivity index (χ0) is 22.2. The summed E-state index contributed by atoms with van der Waals surface area (Å²) in [7, 11) is 0. The highest BCUT2D eigenvalue weighted by Crippen LogP contribution is 2.41. The smallest absolute Gasteiger partial charge is 0.416 e. The average Bonchev–Trinajstić information content (AvgIpc) is 2.75. The number of ether oxygens (including phenoxy) is 1. The molecular formula is C21H16ClF3N4O2. The zero-order valence-electron chi connectivity index (χ0n) is 16.0. The Kier molecular flexibility index (Phi) is 5.45. The van der Waals surface area contributed by atoms with Gasteiger partial charge in [-0.2, -0.15) is 13.2 Å².